The van der Waals surface area contributed by atoms with Crippen LogP contribution in [0.4, 0.5) is 0 Å². The van der Waals surface area contributed by atoms with Crippen molar-refractivity contribution in [2.45, 2.75) is 58.8 Å². The van der Waals surface area contributed by atoms with Gasteiger partial charge >= 0.3 is 6.72 Å². The van der Waals surface area contributed by atoms with Crippen molar-refractivity contribution < 1.29 is 9.46 Å². The van der Waals surface area contributed by atoms with Crippen molar-refractivity contribution in [3.63, 3.8) is 0 Å². The molecule has 0 aromatic carbocycles. The van der Waals surface area contributed by atoms with E-state index >= 15 is 0 Å². The second kappa shape index (κ2) is 10.6. The molecule has 0 saturated heterocycles. The molecular formula is C11H26NO2PS. The first kappa shape index (κ1) is 16.5. The summed E-state index contributed by atoms with van der Waals surface area (Å²) in [5, 5.41) is 2.76. The van der Waals surface area contributed by atoms with E-state index < -0.39 is 6.72 Å². The maximum absolute atomic E-state index is 11.6. The molecule has 0 heterocycles. The Hall–Kier alpha value is 0.500. The Balaban J connectivity index is 3.43. The van der Waals surface area contributed by atoms with Crippen LogP contribution in [0.1, 0.15) is 58.8 Å². The summed E-state index contributed by atoms with van der Waals surface area (Å²) in [6.45, 7) is 1.83. The molecule has 3 nitrogen and oxygen atoms in total. The molecule has 1 unspecified atom stereocenters. The largest absolute Gasteiger partial charge is 0.326 e. The van der Waals surface area contributed by atoms with Crippen LogP contribution in [0, 0.1) is 0 Å². The lowest BCUT2D eigenvalue weighted by Crippen LogP contribution is -2.10. The molecule has 0 radical (unpaired) electrons. The first-order valence-corrected chi connectivity index (χ1v) is 9.60. The average Bonchev–Trinajstić information content (AvgIpc) is 2.24. The summed E-state index contributed by atoms with van der Waals surface area (Å²) < 4.78 is 11.6. The minimum atomic E-state index is -3.11. The average molecular weight is 267 g/mol. The minimum absolute atomic E-state index is 0.656. The number of hydrogen-bond donors (Lipinski definition) is 2. The van der Waals surface area contributed by atoms with Gasteiger partial charge < -0.3 is 4.89 Å². The molecule has 0 amide bonds. The molecule has 0 saturated carbocycles. The second-order valence-electron chi connectivity index (χ2n) is 4.03. The zero-order valence-electron chi connectivity index (χ0n) is 10.6. The van der Waals surface area contributed by atoms with Gasteiger partial charge in [-0.2, -0.15) is 0 Å². The first-order chi connectivity index (χ1) is 7.62. The van der Waals surface area contributed by atoms with E-state index in [1.165, 1.54) is 30.6 Å². The van der Waals surface area contributed by atoms with E-state index in [4.69, 9.17) is 0 Å². The minimum Gasteiger partial charge on any atom is -0.326 e. The Bertz CT molecular complexity index is 202. The van der Waals surface area contributed by atoms with Crippen LogP contribution >= 0.6 is 18.1 Å². The van der Waals surface area contributed by atoms with Crippen LogP contribution in [0.25, 0.3) is 0 Å². The van der Waals surface area contributed by atoms with Crippen molar-refractivity contribution in [3.05, 3.63) is 0 Å². The molecule has 98 valence electrons. The van der Waals surface area contributed by atoms with Crippen molar-refractivity contribution in [2.75, 3.05) is 12.3 Å². The smallest absolute Gasteiger partial charge is 0.323 e. The Kier molecular flexibility index (Phi) is 11.0. The van der Waals surface area contributed by atoms with Gasteiger partial charge in [0, 0.05) is 12.3 Å². The zero-order valence-corrected chi connectivity index (χ0v) is 12.3. The van der Waals surface area contributed by atoms with Crippen LogP contribution in [-0.2, 0) is 4.57 Å². The molecule has 0 aliphatic rings. The van der Waals surface area contributed by atoms with E-state index in [-0.39, 0.29) is 0 Å². The van der Waals surface area contributed by atoms with E-state index in [2.05, 4.69) is 18.9 Å². The Morgan fingerprint density at radius 2 is 1.69 bits per heavy atom. The van der Waals surface area contributed by atoms with Crippen LogP contribution in [0.15, 0.2) is 0 Å². The molecule has 0 aliphatic heterocycles. The molecule has 0 aromatic rings. The predicted octanol–water partition coefficient (Wildman–Crippen LogP) is 4.18. The van der Waals surface area contributed by atoms with Gasteiger partial charge in [-0.05, 0) is 12.8 Å². The Morgan fingerprint density at radius 1 is 1.06 bits per heavy atom. The molecule has 1 atom stereocenters. The second-order valence-corrected chi connectivity index (χ2v) is 8.31. The number of hydrogen-bond acceptors (Lipinski definition) is 2. The fraction of sp³-hybridized carbons (Fsp3) is 1.00. The van der Waals surface area contributed by atoms with E-state index in [0.717, 1.165) is 31.4 Å². The summed E-state index contributed by atoms with van der Waals surface area (Å²) in [6, 6.07) is 0. The van der Waals surface area contributed by atoms with Gasteiger partial charge in [0.05, 0.1) is 0 Å². The van der Waals surface area contributed by atoms with Gasteiger partial charge in [0.1, 0.15) is 0 Å². The van der Waals surface area contributed by atoms with E-state index in [9.17, 15) is 9.46 Å². The molecule has 0 rings (SSSR count). The highest BCUT2D eigenvalue weighted by Crippen LogP contribution is 2.50. The summed E-state index contributed by atoms with van der Waals surface area (Å²) in [5.74, 6) is 0.786. The highest BCUT2D eigenvalue weighted by molar-refractivity contribution is 8.55. The fourth-order valence-electron chi connectivity index (χ4n) is 1.36. The Morgan fingerprint density at radius 3 is 2.31 bits per heavy atom. The third kappa shape index (κ3) is 11.0. The molecule has 16 heavy (non-hydrogen) atoms. The molecule has 5 heteroatoms. The molecular weight excluding hydrogens is 241 g/mol. The number of unbranched alkanes of at least 4 members (excludes halogenated alkanes) is 5. The van der Waals surface area contributed by atoms with Crippen LogP contribution < -0.4 is 5.09 Å². The van der Waals surface area contributed by atoms with Crippen LogP contribution in [0.3, 0.4) is 0 Å². The maximum Gasteiger partial charge on any atom is 0.323 e. The van der Waals surface area contributed by atoms with Crippen molar-refractivity contribution in [1.82, 2.24) is 5.09 Å². The third-order valence-electron chi connectivity index (χ3n) is 2.36. The van der Waals surface area contributed by atoms with Crippen LogP contribution in [0.2, 0.25) is 0 Å². The zero-order chi connectivity index (χ0) is 12.3. The van der Waals surface area contributed by atoms with E-state index in [1.54, 1.807) is 0 Å². The fourth-order valence-corrected chi connectivity index (χ4v) is 4.15. The maximum atomic E-state index is 11.6. The number of rotatable bonds is 11. The molecule has 0 spiro atoms. The van der Waals surface area contributed by atoms with E-state index in [0.29, 0.717) is 6.54 Å². The van der Waals surface area contributed by atoms with Gasteiger partial charge in [0.15, 0.2) is 0 Å². The summed E-state index contributed by atoms with van der Waals surface area (Å²) in [4.78, 5) is 9.58. The van der Waals surface area contributed by atoms with Gasteiger partial charge in [-0.1, -0.05) is 57.3 Å². The third-order valence-corrected chi connectivity index (χ3v) is 5.79. The molecule has 0 bridgehead atoms. The SMILES string of the molecule is CCCCCCSP(=O)(O)NCCCCC. The normalized spacial score (nSPS) is 14.9. The summed E-state index contributed by atoms with van der Waals surface area (Å²) in [6.07, 6.45) is 7.88. The number of nitrogens with one attached hydrogen (secondary N) is 1. The highest BCUT2D eigenvalue weighted by Gasteiger charge is 2.16. The van der Waals surface area contributed by atoms with Gasteiger partial charge in [-0.25, -0.2) is 5.09 Å². The molecule has 0 fully saturated rings. The monoisotopic (exact) mass is 267 g/mol. The summed E-state index contributed by atoms with van der Waals surface area (Å²) in [7, 11) is 0. The summed E-state index contributed by atoms with van der Waals surface area (Å²) in [5.41, 5.74) is 0. The van der Waals surface area contributed by atoms with Gasteiger partial charge in [-0.15, -0.1) is 0 Å². The lowest BCUT2D eigenvalue weighted by Gasteiger charge is -2.11. The molecule has 0 aromatic heterocycles. The first-order valence-electron chi connectivity index (χ1n) is 6.35. The highest BCUT2D eigenvalue weighted by atomic mass is 32.7. The standard InChI is InChI=1S/C11H26NO2PS/c1-3-5-7-9-11-16-15(13,14)12-10-8-6-4-2/h3-11H2,1-2H3,(H2,12,13,14). The van der Waals surface area contributed by atoms with Crippen LogP contribution in [0.5, 0.6) is 0 Å². The molecule has 0 aliphatic carbocycles. The van der Waals surface area contributed by atoms with Gasteiger partial charge in [0.2, 0.25) is 0 Å². The van der Waals surface area contributed by atoms with Crippen molar-refractivity contribution >= 4 is 18.1 Å². The van der Waals surface area contributed by atoms with Crippen molar-refractivity contribution in [3.8, 4) is 0 Å². The van der Waals surface area contributed by atoms with Crippen molar-refractivity contribution in [2.24, 2.45) is 0 Å². The van der Waals surface area contributed by atoms with Crippen LogP contribution in [-0.4, -0.2) is 17.2 Å². The van der Waals surface area contributed by atoms with Crippen molar-refractivity contribution in [1.29, 1.82) is 0 Å². The predicted molar refractivity (Wildman–Crippen MR) is 74.0 cm³/mol. The Labute approximate surface area is 104 Å². The lowest BCUT2D eigenvalue weighted by atomic mass is 10.2. The summed E-state index contributed by atoms with van der Waals surface area (Å²) >= 11 is 1.19. The lowest BCUT2D eigenvalue weighted by molar-refractivity contribution is 0.480. The van der Waals surface area contributed by atoms with E-state index in [1.807, 2.05) is 0 Å². The van der Waals surface area contributed by atoms with Gasteiger partial charge in [-0.3, -0.25) is 4.57 Å². The topological polar surface area (TPSA) is 49.3 Å². The van der Waals surface area contributed by atoms with Gasteiger partial charge in [0.25, 0.3) is 0 Å². The molecule has 2 N–H and O–H groups in total. The quantitative estimate of drug-likeness (QED) is 0.435.